The van der Waals surface area contributed by atoms with E-state index in [9.17, 15) is 0 Å². The Hall–Kier alpha value is 3.45. The van der Waals surface area contributed by atoms with Crippen molar-refractivity contribution in [3.05, 3.63) is 0 Å². The van der Waals surface area contributed by atoms with Gasteiger partial charge in [-0.15, -0.1) is 0 Å². The molecule has 0 spiro atoms. The molecule has 0 aromatic heterocycles. The van der Waals surface area contributed by atoms with E-state index in [4.69, 9.17) is 0 Å². The summed E-state index contributed by atoms with van der Waals surface area (Å²) in [7, 11) is 0. The SMILES string of the molecule is [Al].[Co].[Cr].[Cu].[Fe].[Si].[Zn]. The molecule has 0 saturated heterocycles. The van der Waals surface area contributed by atoms with Gasteiger partial charge >= 0.3 is 0 Å². The van der Waals surface area contributed by atoms with Gasteiger partial charge in [0.05, 0.1) is 0 Å². The second-order valence-electron chi connectivity index (χ2n) is 0. The van der Waals surface area contributed by atoms with Crippen molar-refractivity contribution in [2.75, 3.05) is 0 Å². The minimum absolute atomic E-state index is 0. The molecule has 0 unspecified atom stereocenters. The van der Waals surface area contributed by atoms with Crippen molar-refractivity contribution in [3.8, 4) is 0 Å². The standard InChI is InChI=1S/Al.Co.Cr.Cu.Fe.Si.Zn. The molecule has 0 heterocycles. The Morgan fingerprint density at radius 3 is 1.00 bits per heavy atom. The van der Waals surface area contributed by atoms with Gasteiger partial charge in [-0.3, -0.25) is 0 Å². The fourth-order valence-electron chi connectivity index (χ4n) is 0. The molecule has 0 aliphatic heterocycles. The van der Waals surface area contributed by atoms with E-state index in [0.717, 1.165) is 0 Å². The zero-order chi connectivity index (χ0) is 0. The van der Waals surface area contributed by atoms with Crippen LogP contribution in [0, 0.1) is 0 Å². The van der Waals surface area contributed by atoms with Crippen LogP contribution >= 0.6 is 0 Å². The second kappa shape index (κ2) is 56.7. The van der Waals surface area contributed by atoms with Gasteiger partial charge in [-0.25, -0.2) is 0 Å². The molecule has 43 valence electrons. The monoisotopic (exact) mass is 349 g/mol. The van der Waals surface area contributed by atoms with Crippen molar-refractivity contribution in [3.63, 3.8) is 0 Å². The quantitative estimate of drug-likeness (QED) is 0.503. The maximum Gasteiger partial charge on any atom is 0 e. The maximum absolute atomic E-state index is 0. The Morgan fingerprint density at radius 2 is 1.00 bits per heavy atom. The van der Waals surface area contributed by atoms with Crippen LogP contribution in [0.5, 0.6) is 0 Å². The van der Waals surface area contributed by atoms with Crippen LogP contribution in [-0.4, -0.2) is 28.3 Å². The molecule has 7 heteroatoms. The summed E-state index contributed by atoms with van der Waals surface area (Å²) in [6, 6.07) is 0. The van der Waals surface area contributed by atoms with Gasteiger partial charge in [0.1, 0.15) is 0 Å². The smallest absolute Gasteiger partial charge is 0 e. The van der Waals surface area contributed by atoms with Gasteiger partial charge in [-0.2, -0.15) is 0 Å². The fourth-order valence-corrected chi connectivity index (χ4v) is 0. The van der Waals surface area contributed by atoms with Gasteiger partial charge in [0.2, 0.25) is 0 Å². The predicted molar refractivity (Wildman–Crippen MR) is 11.5 cm³/mol. The van der Waals surface area contributed by atoms with Gasteiger partial charge in [-0.1, -0.05) is 0 Å². The summed E-state index contributed by atoms with van der Waals surface area (Å²) in [5.74, 6) is 0. The van der Waals surface area contributed by atoms with Crippen molar-refractivity contribution >= 4 is 28.3 Å². The minimum atomic E-state index is 0. The molecule has 0 aliphatic rings. The Balaban J connectivity index is 0. The first kappa shape index (κ1) is 78.4. The fraction of sp³-hybridized carbons (Fsp3) is 0. The van der Waals surface area contributed by atoms with Crippen molar-refractivity contribution < 1.29 is 87.8 Å². The summed E-state index contributed by atoms with van der Waals surface area (Å²) in [5.41, 5.74) is 0. The van der Waals surface area contributed by atoms with E-state index in [1.807, 2.05) is 0 Å². The molecular weight excluding hydrogens is 351 g/mol. The molecule has 0 aromatic carbocycles. The van der Waals surface area contributed by atoms with Gasteiger partial charge in [0.25, 0.3) is 0 Å². The largest absolute Gasteiger partial charge is 0 e. The third-order valence-electron chi connectivity index (χ3n) is 0. The average molecular weight is 351 g/mol. The van der Waals surface area contributed by atoms with E-state index >= 15 is 0 Å². The molecule has 0 saturated carbocycles. The normalized spacial score (nSPS) is 0. The Kier molecular flexibility index (Phi) is 635. The first-order valence-electron chi connectivity index (χ1n) is 0. The van der Waals surface area contributed by atoms with Crippen molar-refractivity contribution in [1.82, 2.24) is 0 Å². The molecule has 0 nitrogen and oxygen atoms in total. The van der Waals surface area contributed by atoms with Crippen molar-refractivity contribution in [1.29, 1.82) is 0 Å². The molecule has 0 rings (SSSR count). The van der Waals surface area contributed by atoms with Gasteiger partial charge in [-0.05, 0) is 0 Å². The van der Waals surface area contributed by atoms with Crippen LogP contribution in [0.3, 0.4) is 0 Å². The van der Waals surface area contributed by atoms with E-state index in [1.54, 1.807) is 0 Å². The van der Waals surface area contributed by atoms with E-state index < -0.39 is 0 Å². The summed E-state index contributed by atoms with van der Waals surface area (Å²) in [5, 5.41) is 0. The van der Waals surface area contributed by atoms with E-state index in [0.29, 0.717) is 0 Å². The van der Waals surface area contributed by atoms with Crippen LogP contribution in [0.25, 0.3) is 0 Å². The van der Waals surface area contributed by atoms with Crippen LogP contribution in [0.15, 0.2) is 0 Å². The van der Waals surface area contributed by atoms with Crippen molar-refractivity contribution in [2.24, 2.45) is 0 Å². The molecule has 0 amide bonds. The first-order valence-corrected chi connectivity index (χ1v) is 0. The van der Waals surface area contributed by atoms with Crippen molar-refractivity contribution in [2.45, 2.75) is 0 Å². The van der Waals surface area contributed by atoms with Gasteiger partial charge < -0.3 is 0 Å². The Morgan fingerprint density at radius 1 is 1.00 bits per heavy atom. The second-order valence-corrected chi connectivity index (χ2v) is 0. The first-order chi connectivity index (χ1) is 0. The number of hydrogen-bond acceptors (Lipinski definition) is 0. The van der Waals surface area contributed by atoms with E-state index in [2.05, 4.69) is 0 Å². The maximum atomic E-state index is 0. The Bertz CT molecular complexity index is 19.7. The van der Waals surface area contributed by atoms with Crippen LogP contribution in [-0.2, 0) is 87.8 Å². The van der Waals surface area contributed by atoms with E-state index in [1.165, 1.54) is 0 Å². The predicted octanol–water partition coefficient (Wildman–Crippen LogP) is -0.774. The number of hydrogen-bond donors (Lipinski definition) is 0. The molecule has 9 radical (unpaired) electrons. The van der Waals surface area contributed by atoms with Crippen LogP contribution < -0.4 is 0 Å². The van der Waals surface area contributed by atoms with Gasteiger partial charge in [0, 0.05) is 116 Å². The summed E-state index contributed by atoms with van der Waals surface area (Å²) in [4.78, 5) is 0. The zero-order valence-electron chi connectivity index (χ0n) is 3.18. The third-order valence-corrected chi connectivity index (χ3v) is 0. The summed E-state index contributed by atoms with van der Waals surface area (Å²) in [6.07, 6.45) is 0. The minimum Gasteiger partial charge on any atom is 0 e. The molecule has 0 aliphatic carbocycles. The third kappa shape index (κ3) is 44.1. The molecule has 0 bridgehead atoms. The van der Waals surface area contributed by atoms with E-state index in [-0.39, 0.29) is 116 Å². The molecule has 0 fully saturated rings. The molecular formula is AlCoCrCuFeSiZn. The topological polar surface area (TPSA) is 0 Å². The summed E-state index contributed by atoms with van der Waals surface area (Å²) in [6.45, 7) is 0. The molecule has 0 atom stereocenters. The summed E-state index contributed by atoms with van der Waals surface area (Å²) >= 11 is 0. The van der Waals surface area contributed by atoms with Crippen LogP contribution in [0.1, 0.15) is 0 Å². The molecule has 0 aromatic rings. The molecule has 0 N–H and O–H groups in total. The van der Waals surface area contributed by atoms with Crippen LogP contribution in [0.2, 0.25) is 0 Å². The summed E-state index contributed by atoms with van der Waals surface area (Å²) < 4.78 is 0. The zero-order valence-corrected chi connectivity index (χ0v) is 12.7. The molecule has 7 heavy (non-hydrogen) atoms. The Labute approximate surface area is 114 Å². The van der Waals surface area contributed by atoms with Crippen LogP contribution in [0.4, 0.5) is 0 Å². The van der Waals surface area contributed by atoms with Gasteiger partial charge in [0.15, 0.2) is 0 Å². The number of rotatable bonds is 0. The average Bonchev–Trinajstić information content (AvgIpc) is 0.